The van der Waals surface area contributed by atoms with Crippen LogP contribution in [0.3, 0.4) is 0 Å². The molecule has 3 rings (SSSR count). The van der Waals surface area contributed by atoms with Gasteiger partial charge >= 0.3 is 0 Å². The Balaban J connectivity index is 0.00000161. The van der Waals surface area contributed by atoms with Gasteiger partial charge in [-0.15, -0.1) is 23.7 Å². The molecule has 1 N–H and O–H groups in total. The van der Waals surface area contributed by atoms with Crippen LogP contribution in [0.25, 0.3) is 10.6 Å². The van der Waals surface area contributed by atoms with Crippen molar-refractivity contribution in [3.8, 4) is 10.6 Å². The van der Waals surface area contributed by atoms with E-state index in [0.29, 0.717) is 6.04 Å². The van der Waals surface area contributed by atoms with Crippen LogP contribution in [0, 0.1) is 6.92 Å². The van der Waals surface area contributed by atoms with Crippen LogP contribution in [0.15, 0.2) is 29.6 Å². The van der Waals surface area contributed by atoms with Crippen molar-refractivity contribution in [3.63, 3.8) is 0 Å². The lowest BCUT2D eigenvalue weighted by atomic mass is 10.2. The topological polar surface area (TPSA) is 28.2 Å². The third kappa shape index (κ3) is 4.27. The predicted molar refractivity (Wildman–Crippen MR) is 92.3 cm³/mol. The second kappa shape index (κ2) is 7.36. The zero-order chi connectivity index (χ0) is 13.9. The summed E-state index contributed by atoms with van der Waals surface area (Å²) in [5.41, 5.74) is 3.71. The molecule has 1 atom stereocenters. The number of nitrogens with zero attached hydrogens (tertiary/aromatic N) is 2. The van der Waals surface area contributed by atoms with Crippen LogP contribution in [0.2, 0.25) is 0 Å². The van der Waals surface area contributed by atoms with E-state index in [1.165, 1.54) is 16.8 Å². The molecule has 21 heavy (non-hydrogen) atoms. The first-order chi connectivity index (χ1) is 9.70. The highest BCUT2D eigenvalue weighted by Gasteiger charge is 2.16. The van der Waals surface area contributed by atoms with Gasteiger partial charge in [-0.1, -0.05) is 29.8 Å². The van der Waals surface area contributed by atoms with E-state index in [-0.39, 0.29) is 12.4 Å². The third-order valence-corrected chi connectivity index (χ3v) is 4.63. The summed E-state index contributed by atoms with van der Waals surface area (Å²) in [5, 5.41) is 6.80. The largest absolute Gasteiger partial charge is 0.312 e. The number of piperazine rings is 1. The first-order valence-electron chi connectivity index (χ1n) is 7.18. The lowest BCUT2D eigenvalue weighted by Gasteiger charge is -2.31. The van der Waals surface area contributed by atoms with Crippen molar-refractivity contribution >= 4 is 23.7 Å². The molecule has 0 saturated carbocycles. The number of rotatable bonds is 3. The Morgan fingerprint density at radius 2 is 2.10 bits per heavy atom. The number of hydrogen-bond acceptors (Lipinski definition) is 4. The standard InChI is InChI=1S/C16H21N3S.ClH/c1-12-3-5-14(6-4-12)16-18-15(11-20-16)10-19-8-7-17-13(2)9-19;/h3-6,11,13,17H,7-10H2,1-2H3;1H/t13-;/m1./s1. The van der Waals surface area contributed by atoms with E-state index >= 15 is 0 Å². The summed E-state index contributed by atoms with van der Waals surface area (Å²) in [4.78, 5) is 7.27. The summed E-state index contributed by atoms with van der Waals surface area (Å²) < 4.78 is 0. The fourth-order valence-corrected chi connectivity index (χ4v) is 3.41. The molecule has 0 aliphatic carbocycles. The van der Waals surface area contributed by atoms with Crippen molar-refractivity contribution in [2.75, 3.05) is 19.6 Å². The average molecular weight is 324 g/mol. The molecule has 1 aliphatic rings. The van der Waals surface area contributed by atoms with Crippen molar-refractivity contribution in [2.45, 2.75) is 26.4 Å². The zero-order valence-corrected chi connectivity index (χ0v) is 14.1. The van der Waals surface area contributed by atoms with Crippen molar-refractivity contribution < 1.29 is 0 Å². The molecule has 0 amide bonds. The molecule has 3 nitrogen and oxygen atoms in total. The molecule has 114 valence electrons. The van der Waals surface area contributed by atoms with E-state index in [9.17, 15) is 0 Å². The average Bonchev–Trinajstić information content (AvgIpc) is 2.88. The van der Waals surface area contributed by atoms with Crippen LogP contribution >= 0.6 is 23.7 Å². The fourth-order valence-electron chi connectivity index (χ4n) is 2.59. The van der Waals surface area contributed by atoms with Gasteiger partial charge in [0.2, 0.25) is 0 Å². The number of aryl methyl sites for hydroxylation is 1. The summed E-state index contributed by atoms with van der Waals surface area (Å²) in [6.45, 7) is 8.62. The third-order valence-electron chi connectivity index (χ3n) is 3.69. The van der Waals surface area contributed by atoms with Gasteiger partial charge in [0.1, 0.15) is 5.01 Å². The maximum atomic E-state index is 4.79. The van der Waals surface area contributed by atoms with Gasteiger partial charge in [-0.05, 0) is 13.8 Å². The van der Waals surface area contributed by atoms with E-state index in [4.69, 9.17) is 4.98 Å². The van der Waals surface area contributed by atoms with Crippen LogP contribution in [-0.4, -0.2) is 35.6 Å². The minimum absolute atomic E-state index is 0. The normalized spacial score (nSPS) is 19.2. The Morgan fingerprint density at radius 1 is 1.33 bits per heavy atom. The number of benzene rings is 1. The Morgan fingerprint density at radius 3 is 2.81 bits per heavy atom. The molecule has 2 aromatic rings. The van der Waals surface area contributed by atoms with Crippen LogP contribution in [0.4, 0.5) is 0 Å². The maximum Gasteiger partial charge on any atom is 0.123 e. The Bertz CT molecular complexity index is 567. The molecular weight excluding hydrogens is 302 g/mol. The molecule has 5 heteroatoms. The lowest BCUT2D eigenvalue weighted by Crippen LogP contribution is -2.48. The van der Waals surface area contributed by atoms with Crippen LogP contribution in [0.1, 0.15) is 18.2 Å². The number of halogens is 1. The van der Waals surface area contributed by atoms with Gasteiger partial charge in [-0.2, -0.15) is 0 Å². The molecule has 0 spiro atoms. The first kappa shape index (κ1) is 16.4. The second-order valence-corrected chi connectivity index (χ2v) is 6.46. The summed E-state index contributed by atoms with van der Waals surface area (Å²) in [7, 11) is 0. The summed E-state index contributed by atoms with van der Waals surface area (Å²) in [6.07, 6.45) is 0. The van der Waals surface area contributed by atoms with Crippen LogP contribution in [0.5, 0.6) is 0 Å². The Labute approximate surface area is 136 Å². The van der Waals surface area contributed by atoms with E-state index < -0.39 is 0 Å². The molecule has 1 saturated heterocycles. The monoisotopic (exact) mass is 323 g/mol. The molecule has 1 aromatic heterocycles. The van der Waals surface area contributed by atoms with E-state index in [2.05, 4.69) is 53.7 Å². The smallest absolute Gasteiger partial charge is 0.123 e. The molecule has 1 fully saturated rings. The quantitative estimate of drug-likeness (QED) is 0.939. The highest BCUT2D eigenvalue weighted by atomic mass is 35.5. The minimum atomic E-state index is 0. The zero-order valence-electron chi connectivity index (χ0n) is 12.5. The second-order valence-electron chi connectivity index (χ2n) is 5.60. The molecule has 0 unspecified atom stereocenters. The Kier molecular flexibility index (Phi) is 5.76. The highest BCUT2D eigenvalue weighted by molar-refractivity contribution is 7.13. The SMILES string of the molecule is Cc1ccc(-c2nc(CN3CCN[C@H](C)C3)cs2)cc1.Cl. The Hall–Kier alpha value is -0.940. The molecular formula is C16H22ClN3S. The van der Waals surface area contributed by atoms with Crippen molar-refractivity contribution in [3.05, 3.63) is 40.9 Å². The molecule has 0 bridgehead atoms. The van der Waals surface area contributed by atoms with Crippen LogP contribution in [-0.2, 0) is 6.54 Å². The highest BCUT2D eigenvalue weighted by Crippen LogP contribution is 2.24. The van der Waals surface area contributed by atoms with Gasteiger partial charge in [-0.25, -0.2) is 4.98 Å². The van der Waals surface area contributed by atoms with E-state index in [1.54, 1.807) is 11.3 Å². The van der Waals surface area contributed by atoms with Crippen molar-refractivity contribution in [1.82, 2.24) is 15.2 Å². The van der Waals surface area contributed by atoms with E-state index in [1.807, 2.05) is 0 Å². The van der Waals surface area contributed by atoms with Gasteiger partial charge < -0.3 is 5.32 Å². The van der Waals surface area contributed by atoms with E-state index in [0.717, 1.165) is 31.2 Å². The summed E-state index contributed by atoms with van der Waals surface area (Å²) >= 11 is 1.74. The summed E-state index contributed by atoms with van der Waals surface area (Å²) in [5.74, 6) is 0. The molecule has 1 aromatic carbocycles. The van der Waals surface area contributed by atoms with Gasteiger partial charge in [0, 0.05) is 43.2 Å². The van der Waals surface area contributed by atoms with Crippen LogP contribution < -0.4 is 5.32 Å². The number of hydrogen-bond donors (Lipinski definition) is 1. The fraction of sp³-hybridized carbons (Fsp3) is 0.438. The van der Waals surface area contributed by atoms with Crippen molar-refractivity contribution in [1.29, 1.82) is 0 Å². The number of aromatic nitrogens is 1. The molecule has 0 radical (unpaired) electrons. The summed E-state index contributed by atoms with van der Waals surface area (Å²) in [6, 6.07) is 9.19. The predicted octanol–water partition coefficient (Wildman–Crippen LogP) is 3.33. The number of nitrogens with one attached hydrogen (secondary N) is 1. The van der Waals surface area contributed by atoms with Gasteiger partial charge in [-0.3, -0.25) is 4.90 Å². The first-order valence-corrected chi connectivity index (χ1v) is 8.06. The van der Waals surface area contributed by atoms with Gasteiger partial charge in [0.05, 0.1) is 5.69 Å². The van der Waals surface area contributed by atoms with Gasteiger partial charge in [0.25, 0.3) is 0 Å². The number of thiazole rings is 1. The lowest BCUT2D eigenvalue weighted by molar-refractivity contribution is 0.198. The van der Waals surface area contributed by atoms with Gasteiger partial charge in [0.15, 0.2) is 0 Å². The molecule has 2 heterocycles. The minimum Gasteiger partial charge on any atom is -0.312 e. The van der Waals surface area contributed by atoms with Crippen molar-refractivity contribution in [2.24, 2.45) is 0 Å². The maximum absolute atomic E-state index is 4.79. The molecule has 1 aliphatic heterocycles.